The van der Waals surface area contributed by atoms with Crippen LogP contribution in [0.2, 0.25) is 0 Å². The second-order valence-electron chi connectivity index (χ2n) is 11.7. The molecule has 2 heterocycles. The molecule has 10 nitrogen and oxygen atoms in total. The molecule has 2 amide bonds. The molecule has 5 aromatic rings. The minimum atomic E-state index is -0.639. The van der Waals surface area contributed by atoms with Gasteiger partial charge in [-0.05, 0) is 94.1 Å². The third kappa shape index (κ3) is 8.15. The van der Waals surface area contributed by atoms with Crippen LogP contribution in [0.1, 0.15) is 48.8 Å². The molecule has 0 atom stereocenters. The molecule has 46 heavy (non-hydrogen) atoms. The van der Waals surface area contributed by atoms with Crippen LogP contribution in [0.3, 0.4) is 0 Å². The first-order chi connectivity index (χ1) is 22.1. The predicted molar refractivity (Wildman–Crippen MR) is 179 cm³/mol. The van der Waals surface area contributed by atoms with Gasteiger partial charge in [0.15, 0.2) is 0 Å². The highest BCUT2D eigenvalue weighted by atomic mass is 16.6. The minimum absolute atomic E-state index is 0.288. The number of anilines is 2. The number of rotatable bonds is 10. The fourth-order valence-electron chi connectivity index (χ4n) is 4.80. The summed E-state index contributed by atoms with van der Waals surface area (Å²) in [7, 11) is 1.59. The Labute approximate surface area is 268 Å². The van der Waals surface area contributed by atoms with E-state index in [2.05, 4.69) is 31.7 Å². The van der Waals surface area contributed by atoms with Crippen LogP contribution < -0.4 is 20.1 Å². The largest absolute Gasteiger partial charge is 0.491 e. The van der Waals surface area contributed by atoms with Crippen molar-refractivity contribution in [1.29, 1.82) is 0 Å². The second kappa shape index (κ2) is 14.1. The smallest absolute Gasteiger partial charge is 0.412 e. The number of carbonyl (C=O) groups excluding carboxylic acids is 2. The number of aromatic nitrogens is 3. The van der Waals surface area contributed by atoms with Crippen molar-refractivity contribution in [2.75, 3.05) is 24.4 Å². The van der Waals surface area contributed by atoms with E-state index in [0.717, 1.165) is 46.1 Å². The number of ether oxygens (including phenoxy) is 3. The lowest BCUT2D eigenvalue weighted by molar-refractivity contribution is 0.0635. The first-order valence-electron chi connectivity index (χ1n) is 15.0. The van der Waals surface area contributed by atoms with E-state index in [1.165, 1.54) is 0 Å². The Morgan fingerprint density at radius 3 is 2.26 bits per heavy atom. The summed E-state index contributed by atoms with van der Waals surface area (Å²) >= 11 is 0. The van der Waals surface area contributed by atoms with E-state index in [-0.39, 0.29) is 5.91 Å². The number of para-hydroxylation sites is 2. The van der Waals surface area contributed by atoms with Crippen LogP contribution >= 0.6 is 0 Å². The topological polar surface area (TPSA) is 125 Å². The molecule has 0 aliphatic rings. The molecule has 0 saturated heterocycles. The van der Waals surface area contributed by atoms with E-state index < -0.39 is 11.7 Å². The summed E-state index contributed by atoms with van der Waals surface area (Å²) in [6, 6.07) is 22.2. The van der Waals surface area contributed by atoms with Crippen LogP contribution in [0.15, 0.2) is 85.3 Å². The van der Waals surface area contributed by atoms with Gasteiger partial charge in [-0.1, -0.05) is 24.3 Å². The number of carbonyl (C=O) groups is 2. The van der Waals surface area contributed by atoms with Gasteiger partial charge in [0.2, 0.25) is 5.88 Å². The van der Waals surface area contributed by atoms with Gasteiger partial charge in [-0.15, -0.1) is 0 Å². The number of hydrogen-bond donors (Lipinski definition) is 2. The fourth-order valence-corrected chi connectivity index (χ4v) is 4.80. The van der Waals surface area contributed by atoms with Crippen LogP contribution in [0, 0.1) is 6.92 Å². The summed E-state index contributed by atoms with van der Waals surface area (Å²) < 4.78 is 16.8. The van der Waals surface area contributed by atoms with Gasteiger partial charge >= 0.3 is 6.09 Å². The molecule has 0 saturated carbocycles. The molecule has 0 fully saturated rings. The lowest BCUT2D eigenvalue weighted by atomic mass is 10.0. The van der Waals surface area contributed by atoms with Gasteiger partial charge in [0, 0.05) is 34.5 Å². The number of benzene rings is 3. The van der Waals surface area contributed by atoms with Crippen LogP contribution in [0.4, 0.5) is 16.2 Å². The van der Waals surface area contributed by atoms with Crippen molar-refractivity contribution in [3.8, 4) is 22.8 Å². The highest BCUT2D eigenvalue weighted by Crippen LogP contribution is 2.33. The molecule has 0 radical (unpaired) electrons. The summed E-state index contributed by atoms with van der Waals surface area (Å²) in [6.07, 6.45) is 4.24. The van der Waals surface area contributed by atoms with Crippen molar-refractivity contribution >= 4 is 34.3 Å². The average Bonchev–Trinajstić information content (AvgIpc) is 3.03. The summed E-state index contributed by atoms with van der Waals surface area (Å²) in [6.45, 7) is 7.79. The number of amides is 2. The minimum Gasteiger partial charge on any atom is -0.491 e. The van der Waals surface area contributed by atoms with Gasteiger partial charge in [-0.25, -0.2) is 19.7 Å². The van der Waals surface area contributed by atoms with Gasteiger partial charge in [-0.3, -0.25) is 10.1 Å². The maximum Gasteiger partial charge on any atom is 0.412 e. The second-order valence-corrected chi connectivity index (χ2v) is 11.7. The number of nitrogens with one attached hydrogen (secondary N) is 2. The van der Waals surface area contributed by atoms with E-state index >= 15 is 0 Å². The first kappa shape index (κ1) is 31.9. The number of methoxy groups -OCH3 is 1. The molecule has 0 unspecified atom stereocenters. The summed E-state index contributed by atoms with van der Waals surface area (Å²) in [4.78, 5) is 38.5. The zero-order valence-electron chi connectivity index (χ0n) is 26.6. The number of nitrogens with zero attached hydrogens (tertiary/aromatic N) is 3. The Hall–Kier alpha value is -5.51. The molecule has 10 heteroatoms. The highest BCUT2D eigenvalue weighted by molar-refractivity contribution is 6.06. The van der Waals surface area contributed by atoms with E-state index in [1.54, 1.807) is 76.8 Å². The van der Waals surface area contributed by atoms with Gasteiger partial charge in [0.05, 0.1) is 25.1 Å². The van der Waals surface area contributed by atoms with Crippen LogP contribution in [0.25, 0.3) is 22.0 Å². The number of pyridine rings is 1. The zero-order valence-corrected chi connectivity index (χ0v) is 26.6. The number of fused-ring (bicyclic) bond motifs is 1. The molecule has 0 aliphatic heterocycles. The van der Waals surface area contributed by atoms with Crippen LogP contribution in [-0.4, -0.2) is 46.3 Å². The Bertz CT molecular complexity index is 1830. The van der Waals surface area contributed by atoms with Crippen molar-refractivity contribution < 1.29 is 23.8 Å². The molecule has 2 N–H and O–H groups in total. The third-order valence-electron chi connectivity index (χ3n) is 7.08. The summed E-state index contributed by atoms with van der Waals surface area (Å²) in [5, 5.41) is 6.49. The van der Waals surface area contributed by atoms with E-state index in [9.17, 15) is 9.59 Å². The van der Waals surface area contributed by atoms with Crippen molar-refractivity contribution in [2.45, 2.75) is 46.1 Å². The molecule has 0 spiro atoms. The maximum absolute atomic E-state index is 13.0. The fraction of sp³-hybridized carbons (Fsp3) is 0.250. The summed E-state index contributed by atoms with van der Waals surface area (Å²) in [5.74, 6) is 0.943. The highest BCUT2D eigenvalue weighted by Gasteiger charge is 2.18. The maximum atomic E-state index is 13.0. The Kier molecular flexibility index (Phi) is 9.76. The first-order valence-corrected chi connectivity index (χ1v) is 15.0. The predicted octanol–water partition coefficient (Wildman–Crippen LogP) is 7.62. The summed E-state index contributed by atoms with van der Waals surface area (Å²) in [5.41, 5.74) is 5.37. The molecule has 236 valence electrons. The normalized spacial score (nSPS) is 11.2. The standard InChI is InChI=1S/C36H37N5O5/c1-23-28-19-27(26-16-17-32(44-5)37-21-26)20-31(33(28)39-22-38-23)45-18-8-9-24-12-14-25(15-13-24)34(42)40-29-10-6-7-11-30(29)41-35(43)46-36(2,3)4/h6-7,10-17,19-22H,8-9,18H2,1-5H3,(H,40,42)(H,41,43). The molecule has 0 aliphatic carbocycles. The van der Waals surface area contributed by atoms with E-state index in [0.29, 0.717) is 35.2 Å². The van der Waals surface area contributed by atoms with E-state index in [1.807, 2.05) is 37.3 Å². The van der Waals surface area contributed by atoms with Gasteiger partial charge < -0.3 is 19.5 Å². The number of aryl methyl sites for hydroxylation is 2. The molecule has 3 aromatic carbocycles. The van der Waals surface area contributed by atoms with Crippen molar-refractivity contribution in [3.63, 3.8) is 0 Å². The van der Waals surface area contributed by atoms with Gasteiger partial charge in [0.25, 0.3) is 5.91 Å². The molecule has 2 aromatic heterocycles. The van der Waals surface area contributed by atoms with Crippen molar-refractivity contribution in [3.05, 3.63) is 102 Å². The van der Waals surface area contributed by atoms with Crippen LogP contribution in [0.5, 0.6) is 11.6 Å². The van der Waals surface area contributed by atoms with Crippen molar-refractivity contribution in [2.24, 2.45) is 0 Å². The third-order valence-corrected chi connectivity index (χ3v) is 7.08. The van der Waals surface area contributed by atoms with Crippen LogP contribution in [-0.2, 0) is 11.2 Å². The van der Waals surface area contributed by atoms with Crippen molar-refractivity contribution in [1.82, 2.24) is 15.0 Å². The Balaban J connectivity index is 1.19. The molecule has 5 rings (SSSR count). The number of hydrogen-bond acceptors (Lipinski definition) is 8. The molecular weight excluding hydrogens is 582 g/mol. The van der Waals surface area contributed by atoms with Gasteiger partial charge in [0.1, 0.15) is 23.2 Å². The molecular formula is C36H37N5O5. The van der Waals surface area contributed by atoms with Gasteiger partial charge in [-0.2, -0.15) is 0 Å². The lowest BCUT2D eigenvalue weighted by Gasteiger charge is -2.20. The zero-order chi connectivity index (χ0) is 32.7. The Morgan fingerprint density at radius 2 is 1.59 bits per heavy atom. The average molecular weight is 620 g/mol. The quantitative estimate of drug-likeness (QED) is 0.153. The van der Waals surface area contributed by atoms with E-state index in [4.69, 9.17) is 14.2 Å². The Morgan fingerprint density at radius 1 is 0.848 bits per heavy atom. The lowest BCUT2D eigenvalue weighted by Crippen LogP contribution is -2.27. The SMILES string of the molecule is COc1ccc(-c2cc(OCCCc3ccc(C(=O)Nc4ccccc4NC(=O)OC(C)(C)C)cc3)c3ncnc(C)c3c2)cn1. The monoisotopic (exact) mass is 619 g/mol. The molecule has 0 bridgehead atoms.